The van der Waals surface area contributed by atoms with E-state index >= 15 is 0 Å². The van der Waals surface area contributed by atoms with Crippen molar-refractivity contribution in [2.45, 2.75) is 33.0 Å². The molecular formula is C21H23NO7. The van der Waals surface area contributed by atoms with Gasteiger partial charge in [-0.25, -0.2) is 4.79 Å². The fourth-order valence-electron chi connectivity index (χ4n) is 2.65. The van der Waals surface area contributed by atoms with Crippen LogP contribution in [0.4, 0.5) is 5.69 Å². The lowest BCUT2D eigenvalue weighted by Gasteiger charge is -2.16. The number of fused-ring (bicyclic) bond motifs is 1. The topological polar surface area (TPSA) is 92.3 Å². The molecular weight excluding hydrogens is 378 g/mol. The third-order valence-electron chi connectivity index (χ3n) is 4.06. The molecule has 1 aliphatic rings. The number of carbonyl (C=O) groups is 2. The van der Waals surface area contributed by atoms with E-state index in [1.54, 1.807) is 30.3 Å². The Morgan fingerprint density at radius 3 is 2.48 bits per heavy atom. The SMILES string of the molecule is COc1cc(C(=O)OC(C)C(=O)Nc2ccc3c(c2)OCO3)ccc1OC(C)C. The van der Waals surface area contributed by atoms with Crippen LogP contribution in [0.15, 0.2) is 36.4 Å². The molecule has 2 aromatic rings. The molecule has 1 atom stereocenters. The number of carbonyl (C=O) groups excluding carboxylic acids is 2. The smallest absolute Gasteiger partial charge is 0.339 e. The number of esters is 1. The summed E-state index contributed by atoms with van der Waals surface area (Å²) in [4.78, 5) is 24.8. The number of anilines is 1. The van der Waals surface area contributed by atoms with E-state index in [-0.39, 0.29) is 18.5 Å². The Bertz CT molecular complexity index is 910. The summed E-state index contributed by atoms with van der Waals surface area (Å²) in [7, 11) is 1.49. The van der Waals surface area contributed by atoms with E-state index in [9.17, 15) is 9.59 Å². The van der Waals surface area contributed by atoms with Crippen molar-refractivity contribution in [3.8, 4) is 23.0 Å². The third kappa shape index (κ3) is 4.90. The molecule has 0 aliphatic carbocycles. The van der Waals surface area contributed by atoms with E-state index in [1.165, 1.54) is 20.1 Å². The molecule has 1 amide bonds. The Labute approximate surface area is 168 Å². The monoisotopic (exact) mass is 401 g/mol. The molecule has 0 spiro atoms. The molecule has 0 saturated heterocycles. The van der Waals surface area contributed by atoms with Gasteiger partial charge in [-0.05, 0) is 51.1 Å². The molecule has 1 N–H and O–H groups in total. The second-order valence-electron chi connectivity index (χ2n) is 6.64. The highest BCUT2D eigenvalue weighted by atomic mass is 16.7. The lowest BCUT2D eigenvalue weighted by Crippen LogP contribution is -2.30. The maximum atomic E-state index is 12.4. The van der Waals surface area contributed by atoms with Crippen LogP contribution in [0.5, 0.6) is 23.0 Å². The Kier molecular flexibility index (Phi) is 6.11. The van der Waals surface area contributed by atoms with E-state index in [2.05, 4.69) is 5.32 Å². The van der Waals surface area contributed by atoms with Gasteiger partial charge in [0.05, 0.1) is 18.8 Å². The van der Waals surface area contributed by atoms with E-state index < -0.39 is 18.0 Å². The van der Waals surface area contributed by atoms with E-state index in [1.807, 2.05) is 13.8 Å². The van der Waals surface area contributed by atoms with Gasteiger partial charge in [-0.2, -0.15) is 0 Å². The molecule has 8 heteroatoms. The van der Waals surface area contributed by atoms with Gasteiger partial charge >= 0.3 is 5.97 Å². The summed E-state index contributed by atoms with van der Waals surface area (Å²) in [5, 5.41) is 2.69. The molecule has 29 heavy (non-hydrogen) atoms. The lowest BCUT2D eigenvalue weighted by molar-refractivity contribution is -0.123. The number of rotatable bonds is 7. The molecule has 0 radical (unpaired) electrons. The lowest BCUT2D eigenvalue weighted by atomic mass is 10.2. The van der Waals surface area contributed by atoms with Gasteiger partial charge in [-0.15, -0.1) is 0 Å². The van der Waals surface area contributed by atoms with Gasteiger partial charge in [0.1, 0.15) is 0 Å². The zero-order valence-corrected chi connectivity index (χ0v) is 16.7. The van der Waals surface area contributed by atoms with Crippen molar-refractivity contribution in [2.75, 3.05) is 19.2 Å². The van der Waals surface area contributed by atoms with Gasteiger partial charge in [0.15, 0.2) is 29.1 Å². The highest BCUT2D eigenvalue weighted by molar-refractivity contribution is 5.97. The van der Waals surface area contributed by atoms with Gasteiger partial charge in [0.2, 0.25) is 6.79 Å². The van der Waals surface area contributed by atoms with Crippen molar-refractivity contribution < 1.29 is 33.3 Å². The van der Waals surface area contributed by atoms with Crippen molar-refractivity contribution in [2.24, 2.45) is 0 Å². The van der Waals surface area contributed by atoms with Gasteiger partial charge < -0.3 is 29.0 Å². The fraction of sp³-hybridized carbons (Fsp3) is 0.333. The van der Waals surface area contributed by atoms with Crippen LogP contribution in [0.1, 0.15) is 31.1 Å². The molecule has 1 unspecified atom stereocenters. The van der Waals surface area contributed by atoms with Crippen LogP contribution in [-0.4, -0.2) is 38.0 Å². The summed E-state index contributed by atoms with van der Waals surface area (Å²) in [6.45, 7) is 5.42. The standard InChI is InChI=1S/C21H23NO7/c1-12(2)28-17-7-5-14(9-18(17)25-4)21(24)29-13(3)20(23)22-15-6-8-16-19(10-15)27-11-26-16/h5-10,12-13H,11H2,1-4H3,(H,22,23). The Balaban J connectivity index is 1.63. The fourth-order valence-corrected chi connectivity index (χ4v) is 2.65. The van der Waals surface area contributed by atoms with E-state index in [0.717, 1.165) is 0 Å². The first-order chi connectivity index (χ1) is 13.9. The van der Waals surface area contributed by atoms with Crippen molar-refractivity contribution in [3.63, 3.8) is 0 Å². The second kappa shape index (κ2) is 8.72. The number of nitrogens with one attached hydrogen (secondary N) is 1. The minimum Gasteiger partial charge on any atom is -0.493 e. The third-order valence-corrected chi connectivity index (χ3v) is 4.06. The molecule has 0 aromatic heterocycles. The summed E-state index contributed by atoms with van der Waals surface area (Å²) in [5.41, 5.74) is 0.764. The van der Waals surface area contributed by atoms with Crippen LogP contribution in [0.3, 0.4) is 0 Å². The average Bonchev–Trinajstić information content (AvgIpc) is 3.15. The summed E-state index contributed by atoms with van der Waals surface area (Å²) in [5.74, 6) is 0.972. The van der Waals surface area contributed by atoms with Gasteiger partial charge in [-0.1, -0.05) is 0 Å². The number of benzene rings is 2. The zero-order chi connectivity index (χ0) is 21.0. The van der Waals surface area contributed by atoms with E-state index in [0.29, 0.717) is 28.7 Å². The Hall–Kier alpha value is -3.42. The zero-order valence-electron chi connectivity index (χ0n) is 16.7. The van der Waals surface area contributed by atoms with E-state index in [4.69, 9.17) is 23.7 Å². The van der Waals surface area contributed by atoms with Crippen molar-refractivity contribution >= 4 is 17.6 Å². The molecule has 8 nitrogen and oxygen atoms in total. The van der Waals surface area contributed by atoms with Crippen molar-refractivity contribution in [1.82, 2.24) is 0 Å². The van der Waals surface area contributed by atoms with Crippen LogP contribution < -0.4 is 24.3 Å². The predicted octanol–water partition coefficient (Wildman–Crippen LogP) is 3.40. The van der Waals surface area contributed by atoms with Crippen LogP contribution in [0.2, 0.25) is 0 Å². The van der Waals surface area contributed by atoms with Gasteiger partial charge in [0, 0.05) is 11.8 Å². The maximum absolute atomic E-state index is 12.4. The first-order valence-electron chi connectivity index (χ1n) is 9.13. The first kappa shape index (κ1) is 20.3. The number of ether oxygens (including phenoxy) is 5. The summed E-state index contributed by atoms with van der Waals surface area (Å²) in [6.07, 6.45) is -1.05. The number of methoxy groups -OCH3 is 1. The molecule has 1 heterocycles. The van der Waals surface area contributed by atoms with Gasteiger partial charge in [0.25, 0.3) is 5.91 Å². The summed E-state index contributed by atoms with van der Waals surface area (Å²) >= 11 is 0. The number of amides is 1. The van der Waals surface area contributed by atoms with Crippen molar-refractivity contribution in [1.29, 1.82) is 0 Å². The summed E-state index contributed by atoms with van der Waals surface area (Å²) < 4.78 is 26.7. The molecule has 2 aromatic carbocycles. The molecule has 0 fully saturated rings. The van der Waals surface area contributed by atoms with Crippen LogP contribution in [-0.2, 0) is 9.53 Å². The average molecular weight is 401 g/mol. The maximum Gasteiger partial charge on any atom is 0.339 e. The second-order valence-corrected chi connectivity index (χ2v) is 6.64. The quantitative estimate of drug-likeness (QED) is 0.711. The predicted molar refractivity (Wildman–Crippen MR) is 105 cm³/mol. The Morgan fingerprint density at radius 1 is 1.00 bits per heavy atom. The highest BCUT2D eigenvalue weighted by Gasteiger charge is 2.21. The minimum absolute atomic E-state index is 0.0402. The largest absolute Gasteiger partial charge is 0.493 e. The molecule has 3 rings (SSSR count). The number of hydrogen-bond donors (Lipinski definition) is 1. The first-order valence-corrected chi connectivity index (χ1v) is 9.13. The summed E-state index contributed by atoms with van der Waals surface area (Å²) in [6, 6.07) is 9.73. The molecule has 1 aliphatic heterocycles. The molecule has 0 saturated carbocycles. The normalized spacial score (nSPS) is 13.0. The Morgan fingerprint density at radius 2 is 1.76 bits per heavy atom. The van der Waals surface area contributed by atoms with Crippen molar-refractivity contribution in [3.05, 3.63) is 42.0 Å². The molecule has 0 bridgehead atoms. The number of hydrogen-bond acceptors (Lipinski definition) is 7. The van der Waals surface area contributed by atoms with Gasteiger partial charge in [-0.3, -0.25) is 4.79 Å². The molecule has 154 valence electrons. The van der Waals surface area contributed by atoms with Crippen LogP contribution >= 0.6 is 0 Å². The van der Waals surface area contributed by atoms with Crippen LogP contribution in [0, 0.1) is 0 Å². The van der Waals surface area contributed by atoms with Crippen LogP contribution in [0.25, 0.3) is 0 Å². The minimum atomic E-state index is -1.01. The highest BCUT2D eigenvalue weighted by Crippen LogP contribution is 2.34.